The number of carbonyl (C=O) groups excluding carboxylic acids is 1. The van der Waals surface area contributed by atoms with Crippen LogP contribution in [-0.4, -0.2) is 42.1 Å². The van der Waals surface area contributed by atoms with Gasteiger partial charge in [-0.1, -0.05) is 12.1 Å². The number of hydrogen-bond donors (Lipinski definition) is 1. The van der Waals surface area contributed by atoms with Crippen LogP contribution in [0.2, 0.25) is 0 Å². The summed E-state index contributed by atoms with van der Waals surface area (Å²) in [6.45, 7) is 4.30. The lowest BCUT2D eigenvalue weighted by molar-refractivity contribution is 0.0919. The van der Waals surface area contributed by atoms with Gasteiger partial charge >= 0.3 is 0 Å². The first-order valence-corrected chi connectivity index (χ1v) is 10.1. The number of benzene rings is 1. The Hall–Kier alpha value is -3.42. The summed E-state index contributed by atoms with van der Waals surface area (Å²) in [5.41, 5.74) is 0.132. The Morgan fingerprint density at radius 1 is 1.17 bits per heavy atom. The second kappa shape index (κ2) is 8.94. The molecule has 1 N–H and O–H groups in total. The van der Waals surface area contributed by atoms with Gasteiger partial charge in [0.05, 0.1) is 11.9 Å². The number of rotatable bonds is 6. The van der Waals surface area contributed by atoms with Crippen LogP contribution in [0.4, 0.5) is 5.82 Å². The van der Waals surface area contributed by atoms with Crippen molar-refractivity contribution in [1.29, 1.82) is 0 Å². The zero-order chi connectivity index (χ0) is 20.9. The number of fused-ring (bicyclic) bond motifs is 1. The number of piperidine rings is 1. The van der Waals surface area contributed by atoms with E-state index in [1.165, 1.54) is 12.5 Å². The van der Waals surface area contributed by atoms with Gasteiger partial charge in [-0.25, -0.2) is 4.98 Å². The molecule has 0 spiro atoms. The van der Waals surface area contributed by atoms with Crippen LogP contribution >= 0.6 is 0 Å². The number of amides is 1. The van der Waals surface area contributed by atoms with Crippen molar-refractivity contribution in [2.24, 2.45) is 0 Å². The Kier molecular flexibility index (Phi) is 5.92. The van der Waals surface area contributed by atoms with Crippen molar-refractivity contribution in [3.8, 4) is 5.88 Å². The molecule has 0 radical (unpaired) electrons. The van der Waals surface area contributed by atoms with Gasteiger partial charge in [0.25, 0.3) is 5.91 Å². The second-order valence-corrected chi connectivity index (χ2v) is 7.23. The molecule has 0 aliphatic carbocycles. The molecule has 30 heavy (non-hydrogen) atoms. The van der Waals surface area contributed by atoms with Crippen LogP contribution in [0, 0.1) is 6.92 Å². The minimum atomic E-state index is -0.464. The summed E-state index contributed by atoms with van der Waals surface area (Å²) < 4.78 is 11.3. The highest BCUT2D eigenvalue weighted by atomic mass is 16.5. The van der Waals surface area contributed by atoms with Crippen LogP contribution in [0.3, 0.4) is 0 Å². The number of carbonyl (C=O) groups is 1. The lowest BCUT2D eigenvalue weighted by Crippen LogP contribution is -2.30. The summed E-state index contributed by atoms with van der Waals surface area (Å²) in [4.78, 5) is 35.5. The van der Waals surface area contributed by atoms with E-state index in [-0.39, 0.29) is 24.3 Å². The van der Waals surface area contributed by atoms with E-state index >= 15 is 0 Å². The van der Waals surface area contributed by atoms with E-state index in [2.05, 4.69) is 20.2 Å². The summed E-state index contributed by atoms with van der Waals surface area (Å²) in [6, 6.07) is 9.87. The third-order valence-corrected chi connectivity index (χ3v) is 4.98. The first-order valence-electron chi connectivity index (χ1n) is 10.1. The lowest BCUT2D eigenvalue weighted by atomic mass is 10.1. The van der Waals surface area contributed by atoms with Gasteiger partial charge in [0, 0.05) is 25.2 Å². The van der Waals surface area contributed by atoms with Crippen LogP contribution < -0.4 is 20.4 Å². The van der Waals surface area contributed by atoms with Crippen molar-refractivity contribution in [2.75, 3.05) is 31.1 Å². The number of nitrogens with one attached hydrogen (secondary N) is 1. The number of nitrogens with zero attached hydrogens (tertiary/aromatic N) is 3. The summed E-state index contributed by atoms with van der Waals surface area (Å²) >= 11 is 0. The van der Waals surface area contributed by atoms with Gasteiger partial charge in [-0.05, 0) is 38.3 Å². The molecule has 3 aromatic rings. The van der Waals surface area contributed by atoms with E-state index in [1.807, 2.05) is 13.0 Å². The SMILES string of the molecule is Cc1nc(OCCNC(=O)c2cc(=O)c3ccccc3o2)cc(N2CCCCC2)n1. The highest BCUT2D eigenvalue weighted by Crippen LogP contribution is 2.21. The zero-order valence-corrected chi connectivity index (χ0v) is 16.9. The average molecular weight is 408 g/mol. The molecule has 1 fully saturated rings. The van der Waals surface area contributed by atoms with E-state index in [4.69, 9.17) is 9.15 Å². The topological polar surface area (TPSA) is 97.6 Å². The Labute approximate surface area is 173 Å². The standard InChI is InChI=1S/C22H24N4O4/c1-15-24-20(26-10-5-2-6-11-26)14-21(25-15)29-12-9-23-22(28)19-13-17(27)16-7-3-4-8-18(16)30-19/h3-4,7-8,13-14H,2,5-6,9-12H2,1H3,(H,23,28). The third-order valence-electron chi connectivity index (χ3n) is 4.98. The van der Waals surface area contributed by atoms with E-state index in [0.29, 0.717) is 22.7 Å². The fourth-order valence-electron chi connectivity index (χ4n) is 3.51. The molecule has 0 bridgehead atoms. The van der Waals surface area contributed by atoms with Crippen LogP contribution in [0.5, 0.6) is 5.88 Å². The molecule has 0 atom stereocenters. The van der Waals surface area contributed by atoms with Crippen molar-refractivity contribution >= 4 is 22.7 Å². The molecule has 0 unspecified atom stereocenters. The molecule has 156 valence electrons. The molecule has 8 nitrogen and oxygen atoms in total. The van der Waals surface area contributed by atoms with Gasteiger partial charge in [0.2, 0.25) is 5.88 Å². The smallest absolute Gasteiger partial charge is 0.287 e. The monoisotopic (exact) mass is 408 g/mol. The average Bonchev–Trinajstić information content (AvgIpc) is 2.77. The fourth-order valence-corrected chi connectivity index (χ4v) is 3.51. The second-order valence-electron chi connectivity index (χ2n) is 7.23. The fraction of sp³-hybridized carbons (Fsp3) is 0.364. The first-order chi connectivity index (χ1) is 14.6. The Bertz CT molecular complexity index is 1110. The summed E-state index contributed by atoms with van der Waals surface area (Å²) in [5.74, 6) is 1.52. The van der Waals surface area contributed by atoms with Crippen molar-refractivity contribution in [3.05, 3.63) is 58.2 Å². The first kappa shape index (κ1) is 19.9. The van der Waals surface area contributed by atoms with Crippen molar-refractivity contribution in [3.63, 3.8) is 0 Å². The number of aryl methyl sites for hydroxylation is 1. The van der Waals surface area contributed by atoms with Gasteiger partial charge < -0.3 is 19.4 Å². The maximum atomic E-state index is 12.3. The normalized spacial score (nSPS) is 14.0. The van der Waals surface area contributed by atoms with E-state index < -0.39 is 5.91 Å². The summed E-state index contributed by atoms with van der Waals surface area (Å²) in [7, 11) is 0. The zero-order valence-electron chi connectivity index (χ0n) is 16.9. The molecule has 2 aromatic heterocycles. The minimum absolute atomic E-state index is 0.0241. The minimum Gasteiger partial charge on any atom is -0.476 e. The van der Waals surface area contributed by atoms with E-state index in [9.17, 15) is 9.59 Å². The largest absolute Gasteiger partial charge is 0.476 e. The van der Waals surface area contributed by atoms with Crippen molar-refractivity contribution in [2.45, 2.75) is 26.2 Å². The van der Waals surface area contributed by atoms with Gasteiger partial charge in [-0.3, -0.25) is 9.59 Å². The quantitative estimate of drug-likeness (QED) is 0.626. The van der Waals surface area contributed by atoms with Crippen LogP contribution in [0.25, 0.3) is 11.0 Å². The number of ether oxygens (including phenoxy) is 1. The van der Waals surface area contributed by atoms with Gasteiger partial charge in [0.15, 0.2) is 11.2 Å². The highest BCUT2D eigenvalue weighted by molar-refractivity contribution is 5.93. The Morgan fingerprint density at radius 3 is 2.80 bits per heavy atom. The molecule has 4 rings (SSSR count). The molecule has 3 heterocycles. The van der Waals surface area contributed by atoms with E-state index in [0.717, 1.165) is 31.7 Å². The van der Waals surface area contributed by atoms with Gasteiger partial charge in [-0.2, -0.15) is 4.98 Å². The number of aromatic nitrogens is 2. The summed E-state index contributed by atoms with van der Waals surface area (Å²) in [6.07, 6.45) is 3.58. The lowest BCUT2D eigenvalue weighted by Gasteiger charge is -2.28. The molecular formula is C22H24N4O4. The molecule has 1 aromatic carbocycles. The maximum absolute atomic E-state index is 12.3. The van der Waals surface area contributed by atoms with Crippen LogP contribution in [0.1, 0.15) is 35.6 Å². The third kappa shape index (κ3) is 4.59. The molecule has 8 heteroatoms. The Balaban J connectivity index is 1.34. The molecule has 1 aliphatic heterocycles. The maximum Gasteiger partial charge on any atom is 0.287 e. The summed E-state index contributed by atoms with van der Waals surface area (Å²) in [5, 5.41) is 3.15. The molecule has 1 aliphatic rings. The molecule has 1 amide bonds. The molecule has 0 saturated carbocycles. The predicted octanol–water partition coefficient (Wildman–Crippen LogP) is 2.69. The Morgan fingerprint density at radius 2 is 1.97 bits per heavy atom. The van der Waals surface area contributed by atoms with Gasteiger partial charge in [-0.15, -0.1) is 0 Å². The van der Waals surface area contributed by atoms with Crippen LogP contribution in [0.15, 0.2) is 45.6 Å². The van der Waals surface area contributed by atoms with Crippen molar-refractivity contribution < 1.29 is 13.9 Å². The van der Waals surface area contributed by atoms with Crippen LogP contribution in [-0.2, 0) is 0 Å². The predicted molar refractivity (Wildman–Crippen MR) is 113 cm³/mol. The van der Waals surface area contributed by atoms with E-state index in [1.54, 1.807) is 24.3 Å². The number of hydrogen-bond acceptors (Lipinski definition) is 7. The number of para-hydroxylation sites is 1. The number of anilines is 1. The highest BCUT2D eigenvalue weighted by Gasteiger charge is 2.15. The molecule has 1 saturated heterocycles. The van der Waals surface area contributed by atoms with Gasteiger partial charge in [0.1, 0.15) is 23.8 Å². The van der Waals surface area contributed by atoms with Crippen molar-refractivity contribution in [1.82, 2.24) is 15.3 Å². The molecular weight excluding hydrogens is 384 g/mol.